The van der Waals surface area contributed by atoms with Crippen molar-refractivity contribution < 1.29 is 19.2 Å². The van der Waals surface area contributed by atoms with Gasteiger partial charge in [-0.15, -0.1) is 0 Å². The lowest BCUT2D eigenvalue weighted by molar-refractivity contribution is -0.126. The summed E-state index contributed by atoms with van der Waals surface area (Å²) in [5, 5.41) is 1.72. The largest absolute Gasteiger partial charge is 0.497 e. The Morgan fingerprint density at radius 2 is 1.55 bits per heavy atom. The number of hydrogen-bond donors (Lipinski definition) is 0. The van der Waals surface area contributed by atoms with Crippen molar-refractivity contribution in [2.45, 2.75) is 19.1 Å². The predicted molar refractivity (Wildman–Crippen MR) is 117 cm³/mol. The van der Waals surface area contributed by atoms with Gasteiger partial charge in [-0.1, -0.05) is 48.5 Å². The molecule has 3 aromatic rings. The maximum atomic E-state index is 13.6. The zero-order chi connectivity index (χ0) is 21.5. The van der Waals surface area contributed by atoms with Crippen LogP contribution in [0.25, 0.3) is 0 Å². The van der Waals surface area contributed by atoms with Crippen molar-refractivity contribution in [3.05, 3.63) is 90.0 Å². The minimum atomic E-state index is -0.886. The Balaban J connectivity index is 1.60. The number of anilines is 2. The average Bonchev–Trinajstić information content (AvgIpc) is 3.31. The molecule has 0 spiro atoms. The molecule has 0 aromatic heterocycles. The van der Waals surface area contributed by atoms with Gasteiger partial charge in [0.15, 0.2) is 6.10 Å². The Labute approximate surface area is 180 Å². The molecule has 6 nitrogen and oxygen atoms in total. The molecule has 31 heavy (non-hydrogen) atoms. The van der Waals surface area contributed by atoms with Gasteiger partial charge in [0.25, 0.3) is 5.91 Å². The number of carbonyl (C=O) groups is 2. The highest BCUT2D eigenvalue weighted by Crippen LogP contribution is 2.48. The average molecular weight is 414 g/mol. The normalized spacial score (nSPS) is 22.7. The first-order chi connectivity index (χ1) is 15.1. The van der Waals surface area contributed by atoms with Crippen molar-refractivity contribution in [1.82, 2.24) is 0 Å². The molecule has 0 N–H and O–H groups in total. The van der Waals surface area contributed by atoms with E-state index < -0.39 is 18.1 Å². The van der Waals surface area contributed by atoms with E-state index in [9.17, 15) is 9.59 Å². The summed E-state index contributed by atoms with van der Waals surface area (Å²) in [6.45, 7) is 2.01. The van der Waals surface area contributed by atoms with Gasteiger partial charge in [-0.05, 0) is 42.3 Å². The van der Waals surface area contributed by atoms with Crippen LogP contribution in [-0.4, -0.2) is 25.0 Å². The van der Waals surface area contributed by atoms with Crippen molar-refractivity contribution in [3.8, 4) is 5.75 Å². The number of aryl methyl sites for hydroxylation is 1. The zero-order valence-corrected chi connectivity index (χ0v) is 17.3. The van der Waals surface area contributed by atoms with Crippen LogP contribution < -0.4 is 14.7 Å². The Morgan fingerprint density at radius 3 is 2.29 bits per heavy atom. The van der Waals surface area contributed by atoms with Gasteiger partial charge in [0.1, 0.15) is 11.7 Å². The smallest absolute Gasteiger partial charge is 0.266 e. The molecular formula is C25H22N2O4. The third-order valence-electron chi connectivity index (χ3n) is 5.94. The fourth-order valence-electron chi connectivity index (χ4n) is 4.45. The number of benzene rings is 3. The first-order valence-electron chi connectivity index (χ1n) is 10.2. The second-order valence-corrected chi connectivity index (χ2v) is 7.73. The monoisotopic (exact) mass is 414 g/mol. The third kappa shape index (κ3) is 3.07. The summed E-state index contributed by atoms with van der Waals surface area (Å²) in [5.74, 6) is -0.701. The SMILES string of the molecule is COc1cccc(N2C(=O)[C@H]3[C@H](ON(c4ccccc4)[C@H]3c3ccccc3C)C2=O)c1. The van der Waals surface area contributed by atoms with E-state index in [1.54, 1.807) is 36.4 Å². The van der Waals surface area contributed by atoms with Crippen molar-refractivity contribution >= 4 is 23.2 Å². The molecule has 0 saturated carbocycles. The van der Waals surface area contributed by atoms with Crippen LogP contribution in [0.5, 0.6) is 5.75 Å². The first kappa shape index (κ1) is 19.3. The molecule has 0 radical (unpaired) electrons. The first-order valence-corrected chi connectivity index (χ1v) is 10.2. The van der Waals surface area contributed by atoms with Gasteiger partial charge < -0.3 is 4.74 Å². The van der Waals surface area contributed by atoms with Crippen LogP contribution in [0.1, 0.15) is 17.2 Å². The molecule has 2 aliphatic heterocycles. The lowest BCUT2D eigenvalue weighted by Gasteiger charge is -2.29. The van der Waals surface area contributed by atoms with E-state index >= 15 is 0 Å². The number of methoxy groups -OCH3 is 1. The molecule has 156 valence electrons. The molecule has 3 aromatic carbocycles. The number of amides is 2. The number of imide groups is 1. The number of fused-ring (bicyclic) bond motifs is 1. The van der Waals surface area contributed by atoms with E-state index in [-0.39, 0.29) is 11.8 Å². The van der Waals surface area contributed by atoms with Crippen molar-refractivity contribution in [1.29, 1.82) is 0 Å². The highest BCUT2D eigenvalue weighted by molar-refractivity contribution is 6.24. The fourth-order valence-corrected chi connectivity index (χ4v) is 4.45. The number of hydroxylamine groups is 1. The topological polar surface area (TPSA) is 59.1 Å². The Hall–Kier alpha value is -3.64. The quantitative estimate of drug-likeness (QED) is 0.603. The van der Waals surface area contributed by atoms with Crippen LogP contribution in [0, 0.1) is 12.8 Å². The van der Waals surface area contributed by atoms with E-state index in [0.29, 0.717) is 11.4 Å². The van der Waals surface area contributed by atoms with Gasteiger partial charge in [0.2, 0.25) is 5.91 Å². The standard InChI is InChI=1S/C25H22N2O4/c1-16-9-6-7-14-20(16)22-21-23(31-27(22)17-10-4-3-5-11-17)25(29)26(24(21)28)18-12-8-13-19(15-18)30-2/h3-15,21-23H,1-2H3/t21-,22+,23+/m1/s1. The molecule has 5 rings (SSSR count). The summed E-state index contributed by atoms with van der Waals surface area (Å²) in [6.07, 6.45) is -0.886. The highest BCUT2D eigenvalue weighted by Gasteiger charge is 2.60. The van der Waals surface area contributed by atoms with Crippen LogP contribution >= 0.6 is 0 Å². The molecule has 6 heteroatoms. The molecule has 2 aliphatic rings. The second-order valence-electron chi connectivity index (χ2n) is 7.73. The molecule has 2 heterocycles. The number of carbonyl (C=O) groups excluding carboxylic acids is 2. The van der Waals surface area contributed by atoms with Gasteiger partial charge in [0, 0.05) is 6.07 Å². The Morgan fingerprint density at radius 1 is 0.839 bits per heavy atom. The van der Waals surface area contributed by atoms with E-state index in [4.69, 9.17) is 9.57 Å². The molecular weight excluding hydrogens is 392 g/mol. The minimum Gasteiger partial charge on any atom is -0.497 e. The lowest BCUT2D eigenvalue weighted by Crippen LogP contribution is -2.37. The lowest BCUT2D eigenvalue weighted by atomic mass is 9.88. The van der Waals surface area contributed by atoms with Crippen LogP contribution in [0.2, 0.25) is 0 Å². The van der Waals surface area contributed by atoms with Gasteiger partial charge in [-0.3, -0.25) is 14.4 Å². The van der Waals surface area contributed by atoms with Crippen LogP contribution in [-0.2, 0) is 14.4 Å². The van der Waals surface area contributed by atoms with Gasteiger partial charge in [-0.2, -0.15) is 0 Å². The minimum absolute atomic E-state index is 0.269. The maximum absolute atomic E-state index is 13.6. The maximum Gasteiger partial charge on any atom is 0.266 e. The van der Waals surface area contributed by atoms with Crippen LogP contribution in [0.4, 0.5) is 11.4 Å². The molecule has 2 saturated heterocycles. The van der Waals surface area contributed by atoms with Gasteiger partial charge in [-0.25, -0.2) is 9.96 Å². The Bertz CT molecular complexity index is 1150. The molecule has 0 bridgehead atoms. The van der Waals surface area contributed by atoms with Crippen molar-refractivity contribution in [2.24, 2.45) is 5.92 Å². The zero-order valence-electron chi connectivity index (χ0n) is 17.3. The second kappa shape index (κ2) is 7.56. The number of rotatable bonds is 4. The van der Waals surface area contributed by atoms with E-state index in [1.807, 2.05) is 61.5 Å². The molecule has 0 unspecified atom stereocenters. The number of hydrogen-bond acceptors (Lipinski definition) is 5. The van der Waals surface area contributed by atoms with Crippen LogP contribution in [0.15, 0.2) is 78.9 Å². The summed E-state index contributed by atoms with van der Waals surface area (Å²) in [4.78, 5) is 34.4. The summed E-state index contributed by atoms with van der Waals surface area (Å²) in [7, 11) is 1.55. The van der Waals surface area contributed by atoms with Crippen molar-refractivity contribution in [3.63, 3.8) is 0 Å². The number of nitrogens with zero attached hydrogens (tertiary/aromatic N) is 2. The van der Waals surface area contributed by atoms with Crippen molar-refractivity contribution in [2.75, 3.05) is 17.1 Å². The fraction of sp³-hybridized carbons (Fsp3) is 0.200. The summed E-state index contributed by atoms with van der Waals surface area (Å²) in [5.41, 5.74) is 3.30. The highest BCUT2D eigenvalue weighted by atomic mass is 16.7. The number of para-hydroxylation sites is 1. The molecule has 2 fully saturated rings. The molecule has 2 amide bonds. The summed E-state index contributed by atoms with van der Waals surface area (Å²) >= 11 is 0. The summed E-state index contributed by atoms with van der Waals surface area (Å²) in [6, 6.07) is 24.0. The van der Waals surface area contributed by atoms with E-state index in [2.05, 4.69) is 0 Å². The van der Waals surface area contributed by atoms with Crippen LogP contribution in [0.3, 0.4) is 0 Å². The Kier molecular flexibility index (Phi) is 4.71. The third-order valence-corrected chi connectivity index (χ3v) is 5.94. The van der Waals surface area contributed by atoms with E-state index in [0.717, 1.165) is 16.8 Å². The van der Waals surface area contributed by atoms with E-state index in [1.165, 1.54) is 4.90 Å². The number of ether oxygens (including phenoxy) is 1. The summed E-state index contributed by atoms with van der Waals surface area (Å²) < 4.78 is 5.27. The predicted octanol–water partition coefficient (Wildman–Crippen LogP) is 4.05. The van der Waals surface area contributed by atoms with Gasteiger partial charge in [0.05, 0.1) is 24.5 Å². The van der Waals surface area contributed by atoms with Gasteiger partial charge >= 0.3 is 0 Å². The molecule has 3 atom stereocenters. The molecule has 0 aliphatic carbocycles.